The van der Waals surface area contributed by atoms with Gasteiger partial charge in [0.1, 0.15) is 6.04 Å². The molecule has 0 aliphatic carbocycles. The van der Waals surface area contributed by atoms with Gasteiger partial charge in [0, 0.05) is 12.3 Å². The van der Waals surface area contributed by atoms with Crippen molar-refractivity contribution in [2.75, 3.05) is 6.61 Å². The molecule has 2 N–H and O–H groups in total. The Morgan fingerprint density at radius 3 is 2.33 bits per heavy atom. The third-order valence-electron chi connectivity index (χ3n) is 2.62. The number of nitrogens with one attached hydrogen (secondary N) is 1. The van der Waals surface area contributed by atoms with E-state index in [9.17, 15) is 14.4 Å². The molecule has 0 rings (SSSR count). The molecule has 0 fully saturated rings. The van der Waals surface area contributed by atoms with Gasteiger partial charge >= 0.3 is 11.9 Å². The van der Waals surface area contributed by atoms with Gasteiger partial charge in [-0.2, -0.15) is 0 Å². The lowest BCUT2D eigenvalue weighted by atomic mass is 10.1. The lowest BCUT2D eigenvalue weighted by Gasteiger charge is -2.16. The van der Waals surface area contributed by atoms with Gasteiger partial charge < -0.3 is 15.2 Å². The standard InChI is InChI=1S/C12H21NO5/c1-4-8(3)11(15)13-9(12(16)17)6-7-10(14)18-5-2/h8-9H,4-7H2,1-3H3,(H,13,15)(H,16,17)/t8?,9-/m0/s1. The zero-order chi connectivity index (χ0) is 14.1. The molecule has 0 saturated heterocycles. The van der Waals surface area contributed by atoms with Crippen molar-refractivity contribution >= 4 is 17.8 Å². The molecule has 1 unspecified atom stereocenters. The highest BCUT2D eigenvalue weighted by Crippen LogP contribution is 2.04. The van der Waals surface area contributed by atoms with Crippen LogP contribution in [0.3, 0.4) is 0 Å². The van der Waals surface area contributed by atoms with Crippen molar-refractivity contribution in [1.29, 1.82) is 0 Å². The molecular weight excluding hydrogens is 238 g/mol. The van der Waals surface area contributed by atoms with E-state index in [1.807, 2.05) is 6.92 Å². The lowest BCUT2D eigenvalue weighted by Crippen LogP contribution is -2.43. The first-order chi connectivity index (χ1) is 8.42. The van der Waals surface area contributed by atoms with Crippen molar-refractivity contribution in [1.82, 2.24) is 5.32 Å². The molecule has 0 heterocycles. The fourth-order valence-electron chi connectivity index (χ4n) is 1.25. The van der Waals surface area contributed by atoms with Crippen molar-refractivity contribution in [3.8, 4) is 0 Å². The first-order valence-corrected chi connectivity index (χ1v) is 6.11. The van der Waals surface area contributed by atoms with Crippen molar-refractivity contribution < 1.29 is 24.2 Å². The van der Waals surface area contributed by atoms with Gasteiger partial charge in [-0.15, -0.1) is 0 Å². The zero-order valence-corrected chi connectivity index (χ0v) is 11.1. The van der Waals surface area contributed by atoms with Gasteiger partial charge in [0.25, 0.3) is 0 Å². The monoisotopic (exact) mass is 259 g/mol. The Kier molecular flexibility index (Phi) is 7.74. The fourth-order valence-corrected chi connectivity index (χ4v) is 1.25. The van der Waals surface area contributed by atoms with Crippen molar-refractivity contribution in [3.63, 3.8) is 0 Å². The second kappa shape index (κ2) is 8.49. The molecule has 6 heteroatoms. The van der Waals surface area contributed by atoms with Crippen LogP contribution in [0.2, 0.25) is 0 Å². The summed E-state index contributed by atoms with van der Waals surface area (Å²) in [5.41, 5.74) is 0. The minimum atomic E-state index is -1.14. The van der Waals surface area contributed by atoms with Crippen LogP contribution in [0.5, 0.6) is 0 Å². The molecule has 0 aliphatic rings. The molecule has 0 aromatic rings. The SMILES string of the molecule is CCOC(=O)CC[C@H](NC(=O)C(C)CC)C(=O)O. The van der Waals surface area contributed by atoms with Gasteiger partial charge in [-0.1, -0.05) is 13.8 Å². The van der Waals surface area contributed by atoms with Crippen LogP contribution >= 0.6 is 0 Å². The van der Waals surface area contributed by atoms with Crippen LogP contribution in [0.25, 0.3) is 0 Å². The second-order valence-corrected chi connectivity index (χ2v) is 4.05. The topological polar surface area (TPSA) is 92.7 Å². The smallest absolute Gasteiger partial charge is 0.326 e. The average Bonchev–Trinajstić information content (AvgIpc) is 2.32. The van der Waals surface area contributed by atoms with Crippen molar-refractivity contribution in [2.24, 2.45) is 5.92 Å². The largest absolute Gasteiger partial charge is 0.480 e. The molecule has 104 valence electrons. The van der Waals surface area contributed by atoms with E-state index in [1.54, 1.807) is 13.8 Å². The molecule has 0 aromatic heterocycles. The Balaban J connectivity index is 4.28. The van der Waals surface area contributed by atoms with Crippen molar-refractivity contribution in [2.45, 2.75) is 46.1 Å². The van der Waals surface area contributed by atoms with Crippen LogP contribution in [0.15, 0.2) is 0 Å². The number of carbonyl (C=O) groups excluding carboxylic acids is 2. The Hall–Kier alpha value is -1.59. The summed E-state index contributed by atoms with van der Waals surface area (Å²) in [4.78, 5) is 33.6. The number of carboxylic acids is 1. The Morgan fingerprint density at radius 1 is 1.28 bits per heavy atom. The number of aliphatic carboxylic acids is 1. The Morgan fingerprint density at radius 2 is 1.89 bits per heavy atom. The Labute approximate surface area is 107 Å². The third-order valence-corrected chi connectivity index (χ3v) is 2.62. The maximum absolute atomic E-state index is 11.6. The van der Waals surface area contributed by atoms with Gasteiger partial charge in [-0.3, -0.25) is 9.59 Å². The summed E-state index contributed by atoms with van der Waals surface area (Å²) in [5, 5.41) is 11.4. The van der Waals surface area contributed by atoms with E-state index >= 15 is 0 Å². The maximum atomic E-state index is 11.6. The normalized spacial score (nSPS) is 13.5. The van der Waals surface area contributed by atoms with E-state index in [1.165, 1.54) is 0 Å². The molecule has 2 atom stereocenters. The van der Waals surface area contributed by atoms with Crippen LogP contribution in [0.4, 0.5) is 0 Å². The number of ether oxygens (including phenoxy) is 1. The minimum absolute atomic E-state index is 0.0222. The highest BCUT2D eigenvalue weighted by molar-refractivity contribution is 5.85. The number of esters is 1. The van der Waals surface area contributed by atoms with Crippen LogP contribution in [0.1, 0.15) is 40.0 Å². The van der Waals surface area contributed by atoms with E-state index in [2.05, 4.69) is 5.32 Å². The number of carbonyl (C=O) groups is 3. The third kappa shape index (κ3) is 6.22. The fraction of sp³-hybridized carbons (Fsp3) is 0.750. The van der Waals surface area contributed by atoms with E-state index in [0.29, 0.717) is 6.42 Å². The molecule has 1 amide bonds. The predicted octanol–water partition coefficient (Wildman–Crippen LogP) is 0.945. The average molecular weight is 259 g/mol. The quantitative estimate of drug-likeness (QED) is 0.633. The summed E-state index contributed by atoms with van der Waals surface area (Å²) in [6.45, 7) is 5.51. The molecule has 0 radical (unpaired) electrons. The van der Waals surface area contributed by atoms with Crippen LogP contribution in [-0.4, -0.2) is 35.6 Å². The predicted molar refractivity (Wildman–Crippen MR) is 64.9 cm³/mol. The second-order valence-electron chi connectivity index (χ2n) is 4.05. The first kappa shape index (κ1) is 16.4. The highest BCUT2D eigenvalue weighted by Gasteiger charge is 2.23. The summed E-state index contributed by atoms with van der Waals surface area (Å²) in [5.74, 6) is -2.15. The lowest BCUT2D eigenvalue weighted by molar-refractivity contribution is -0.145. The van der Waals surface area contributed by atoms with Crippen LogP contribution in [0, 0.1) is 5.92 Å². The van der Waals surface area contributed by atoms with Gasteiger partial charge in [-0.05, 0) is 19.8 Å². The van der Waals surface area contributed by atoms with Gasteiger partial charge in [0.05, 0.1) is 6.61 Å². The molecule has 6 nitrogen and oxygen atoms in total. The summed E-state index contributed by atoms with van der Waals surface area (Å²) in [6, 6.07) is -1.05. The number of carboxylic acid groups (broad SMARTS) is 1. The summed E-state index contributed by atoms with van der Waals surface area (Å²) < 4.78 is 4.70. The Bertz CT molecular complexity index is 303. The van der Waals surface area contributed by atoms with Crippen molar-refractivity contribution in [3.05, 3.63) is 0 Å². The van der Waals surface area contributed by atoms with Crippen LogP contribution < -0.4 is 5.32 Å². The summed E-state index contributed by atoms with van der Waals surface area (Å²) in [7, 11) is 0. The molecule has 18 heavy (non-hydrogen) atoms. The molecule has 0 spiro atoms. The maximum Gasteiger partial charge on any atom is 0.326 e. The van der Waals surface area contributed by atoms with E-state index < -0.39 is 18.0 Å². The van der Waals surface area contributed by atoms with Gasteiger partial charge in [0.15, 0.2) is 0 Å². The summed E-state index contributed by atoms with van der Waals surface area (Å²) in [6.07, 6.45) is 0.651. The van der Waals surface area contributed by atoms with Gasteiger partial charge in [-0.25, -0.2) is 4.79 Å². The molecule has 0 aromatic carbocycles. The molecule has 0 bridgehead atoms. The van der Waals surface area contributed by atoms with Gasteiger partial charge in [0.2, 0.25) is 5.91 Å². The minimum Gasteiger partial charge on any atom is -0.480 e. The first-order valence-electron chi connectivity index (χ1n) is 6.11. The highest BCUT2D eigenvalue weighted by atomic mass is 16.5. The van der Waals surface area contributed by atoms with Crippen LogP contribution in [-0.2, 0) is 19.1 Å². The number of hydrogen-bond acceptors (Lipinski definition) is 4. The molecular formula is C12H21NO5. The van der Waals surface area contributed by atoms with E-state index in [-0.39, 0.29) is 31.3 Å². The molecule has 0 aliphatic heterocycles. The summed E-state index contributed by atoms with van der Waals surface area (Å²) >= 11 is 0. The van der Waals surface area contributed by atoms with E-state index in [0.717, 1.165) is 0 Å². The number of rotatable bonds is 8. The zero-order valence-electron chi connectivity index (χ0n) is 11.1. The van der Waals surface area contributed by atoms with E-state index in [4.69, 9.17) is 9.84 Å². The number of amides is 1. The molecule has 0 saturated carbocycles. The number of hydrogen-bond donors (Lipinski definition) is 2.